The largest absolute Gasteiger partial charge is 0.493 e. The van der Waals surface area contributed by atoms with Crippen molar-refractivity contribution < 1.29 is 19.1 Å². The first-order valence-corrected chi connectivity index (χ1v) is 12.0. The van der Waals surface area contributed by atoms with Gasteiger partial charge in [0.2, 0.25) is 5.91 Å². The molecule has 1 N–H and O–H groups in total. The molecule has 2 amide bonds. The van der Waals surface area contributed by atoms with E-state index in [1.807, 2.05) is 11.8 Å². The summed E-state index contributed by atoms with van der Waals surface area (Å²) in [6, 6.07) is 5.24. The molecule has 4 rings (SSSR count). The summed E-state index contributed by atoms with van der Waals surface area (Å²) in [4.78, 5) is 46.1. The molecule has 1 aromatic carbocycles. The van der Waals surface area contributed by atoms with Crippen LogP contribution in [0, 0.1) is 6.92 Å². The van der Waals surface area contributed by atoms with E-state index in [1.165, 1.54) is 25.1 Å². The molecule has 10 heteroatoms. The van der Waals surface area contributed by atoms with Crippen LogP contribution in [0.25, 0.3) is 10.2 Å². The highest BCUT2D eigenvalue weighted by atomic mass is 32.1. The monoisotopic (exact) mass is 484 g/mol. The van der Waals surface area contributed by atoms with Crippen LogP contribution in [0.1, 0.15) is 41.4 Å². The minimum Gasteiger partial charge on any atom is -0.493 e. The van der Waals surface area contributed by atoms with Gasteiger partial charge in [0.1, 0.15) is 11.4 Å². The van der Waals surface area contributed by atoms with Crippen LogP contribution in [0.4, 0.5) is 5.69 Å². The fraction of sp³-hybridized carbons (Fsp3) is 0.417. The minimum atomic E-state index is -0.350. The number of thiophene rings is 1. The number of nitrogens with zero attached hydrogens (tertiary/aromatic N) is 3. The van der Waals surface area contributed by atoms with E-state index in [-0.39, 0.29) is 30.0 Å². The summed E-state index contributed by atoms with van der Waals surface area (Å²) in [5.74, 6) is 0.606. The Kier molecular flexibility index (Phi) is 6.87. The molecule has 1 aliphatic heterocycles. The first-order valence-electron chi connectivity index (χ1n) is 11.2. The number of hydrogen-bond donors (Lipinski definition) is 1. The van der Waals surface area contributed by atoms with Gasteiger partial charge in [-0.05, 0) is 50.8 Å². The molecule has 0 bridgehead atoms. The molecule has 1 unspecified atom stereocenters. The molecule has 0 aliphatic carbocycles. The number of piperidine rings is 1. The maximum Gasteiger partial charge on any atom is 0.266 e. The van der Waals surface area contributed by atoms with Gasteiger partial charge in [-0.2, -0.15) is 0 Å². The molecular formula is C24H28N4O5S. The highest BCUT2D eigenvalue weighted by molar-refractivity contribution is 7.20. The van der Waals surface area contributed by atoms with Crippen LogP contribution in [0.3, 0.4) is 0 Å². The van der Waals surface area contributed by atoms with Crippen LogP contribution in [-0.2, 0) is 11.3 Å². The molecule has 1 fully saturated rings. The van der Waals surface area contributed by atoms with E-state index >= 15 is 0 Å². The van der Waals surface area contributed by atoms with E-state index in [0.717, 1.165) is 30.6 Å². The smallest absolute Gasteiger partial charge is 0.266 e. The Morgan fingerprint density at radius 1 is 1.21 bits per heavy atom. The van der Waals surface area contributed by atoms with Crippen molar-refractivity contribution in [3.05, 3.63) is 45.3 Å². The van der Waals surface area contributed by atoms with Crippen molar-refractivity contribution in [3.63, 3.8) is 0 Å². The number of carbonyl (C=O) groups excluding carboxylic acids is 2. The summed E-state index contributed by atoms with van der Waals surface area (Å²) < 4.78 is 11.9. The van der Waals surface area contributed by atoms with Gasteiger partial charge in [-0.3, -0.25) is 19.0 Å². The van der Waals surface area contributed by atoms with Gasteiger partial charge in [0.05, 0.1) is 30.8 Å². The lowest BCUT2D eigenvalue weighted by Gasteiger charge is -2.33. The number of rotatable bonds is 6. The lowest BCUT2D eigenvalue weighted by Crippen LogP contribution is -2.44. The van der Waals surface area contributed by atoms with Crippen molar-refractivity contribution in [1.29, 1.82) is 0 Å². The normalized spacial score (nSPS) is 15.9. The summed E-state index contributed by atoms with van der Waals surface area (Å²) in [6.07, 6.45) is 4.45. The van der Waals surface area contributed by atoms with Gasteiger partial charge in [0.25, 0.3) is 11.5 Å². The molecule has 1 aliphatic rings. The number of nitrogens with one attached hydrogen (secondary N) is 1. The Hall–Kier alpha value is -3.40. The molecule has 0 spiro atoms. The zero-order chi connectivity index (χ0) is 24.4. The number of carbonyl (C=O) groups is 2. The van der Waals surface area contributed by atoms with Crippen molar-refractivity contribution in [2.75, 3.05) is 26.1 Å². The second kappa shape index (κ2) is 9.84. The van der Waals surface area contributed by atoms with Gasteiger partial charge in [-0.15, -0.1) is 11.3 Å². The molecule has 3 aromatic rings. The zero-order valence-corrected chi connectivity index (χ0v) is 20.5. The predicted molar refractivity (Wildman–Crippen MR) is 131 cm³/mol. The quantitative estimate of drug-likeness (QED) is 0.575. The van der Waals surface area contributed by atoms with E-state index < -0.39 is 0 Å². The molecule has 180 valence electrons. The van der Waals surface area contributed by atoms with Gasteiger partial charge in [0.15, 0.2) is 11.5 Å². The van der Waals surface area contributed by atoms with E-state index in [4.69, 9.17) is 9.47 Å². The third-order valence-corrected chi connectivity index (χ3v) is 7.39. The molecule has 1 saturated heterocycles. The fourth-order valence-corrected chi connectivity index (χ4v) is 5.33. The van der Waals surface area contributed by atoms with Crippen molar-refractivity contribution in [1.82, 2.24) is 14.5 Å². The number of amides is 2. The number of anilines is 1. The van der Waals surface area contributed by atoms with Crippen LogP contribution in [0.2, 0.25) is 0 Å². The Morgan fingerprint density at radius 3 is 2.68 bits per heavy atom. The third-order valence-electron chi connectivity index (χ3n) is 6.19. The van der Waals surface area contributed by atoms with E-state index in [2.05, 4.69) is 10.3 Å². The summed E-state index contributed by atoms with van der Waals surface area (Å²) in [5.41, 5.74) is 0.761. The maximum absolute atomic E-state index is 13.2. The van der Waals surface area contributed by atoms with Gasteiger partial charge in [0, 0.05) is 24.3 Å². The number of ether oxygens (including phenoxy) is 2. The molecule has 1 atom stereocenters. The van der Waals surface area contributed by atoms with Gasteiger partial charge in [-0.1, -0.05) is 0 Å². The number of aromatic nitrogens is 2. The number of fused-ring (bicyclic) bond motifs is 1. The van der Waals surface area contributed by atoms with Crippen LogP contribution < -0.4 is 20.3 Å². The first-order chi connectivity index (χ1) is 16.3. The average Bonchev–Trinajstić information content (AvgIpc) is 3.18. The van der Waals surface area contributed by atoms with E-state index in [1.54, 1.807) is 25.1 Å². The standard InChI is InChI=1S/C24H28N4O5S/c1-14-7-5-6-10-28(14)19(29)12-27-13-25-23-20(24(27)31)15(2)21(34-23)22(30)26-16-8-9-17(32-3)18(11-16)33-4/h8-9,11,13-14H,5-7,10,12H2,1-4H3,(H,26,30). The van der Waals surface area contributed by atoms with Crippen molar-refractivity contribution in [2.45, 2.75) is 45.7 Å². The SMILES string of the molecule is COc1ccc(NC(=O)c2sc3ncn(CC(=O)N4CCCCC4C)c(=O)c3c2C)cc1OC. The first kappa shape index (κ1) is 23.7. The Bertz CT molecular complexity index is 1300. The average molecular weight is 485 g/mol. The predicted octanol–water partition coefficient (Wildman–Crippen LogP) is 3.44. The van der Waals surface area contributed by atoms with Gasteiger partial charge in [-0.25, -0.2) is 4.98 Å². The molecule has 0 saturated carbocycles. The Morgan fingerprint density at radius 2 is 1.97 bits per heavy atom. The number of hydrogen-bond acceptors (Lipinski definition) is 7. The highest BCUT2D eigenvalue weighted by Gasteiger charge is 2.25. The van der Waals surface area contributed by atoms with E-state index in [9.17, 15) is 14.4 Å². The summed E-state index contributed by atoms with van der Waals surface area (Å²) in [6.45, 7) is 4.41. The maximum atomic E-state index is 13.2. The lowest BCUT2D eigenvalue weighted by atomic mass is 10.0. The van der Waals surface area contributed by atoms with Crippen molar-refractivity contribution in [2.24, 2.45) is 0 Å². The molecule has 34 heavy (non-hydrogen) atoms. The molecular weight excluding hydrogens is 456 g/mol. The van der Waals surface area contributed by atoms with Crippen LogP contribution in [0.15, 0.2) is 29.3 Å². The number of likely N-dealkylation sites (tertiary alicyclic amines) is 1. The minimum absolute atomic E-state index is 0.0609. The lowest BCUT2D eigenvalue weighted by molar-refractivity contribution is -0.135. The van der Waals surface area contributed by atoms with Crippen molar-refractivity contribution >= 4 is 39.1 Å². The second-order valence-corrected chi connectivity index (χ2v) is 9.37. The van der Waals surface area contributed by atoms with Gasteiger partial charge < -0.3 is 19.7 Å². The molecule has 9 nitrogen and oxygen atoms in total. The topological polar surface area (TPSA) is 103 Å². The van der Waals surface area contributed by atoms with Gasteiger partial charge >= 0.3 is 0 Å². The van der Waals surface area contributed by atoms with Crippen LogP contribution in [0.5, 0.6) is 11.5 Å². The summed E-state index contributed by atoms with van der Waals surface area (Å²) in [5, 5.41) is 3.20. The molecule has 2 aromatic heterocycles. The second-order valence-electron chi connectivity index (χ2n) is 8.37. The number of benzene rings is 1. The van der Waals surface area contributed by atoms with Crippen molar-refractivity contribution in [3.8, 4) is 11.5 Å². The Labute approximate surface area is 201 Å². The highest BCUT2D eigenvalue weighted by Crippen LogP contribution is 2.31. The number of methoxy groups -OCH3 is 2. The zero-order valence-electron chi connectivity index (χ0n) is 19.7. The molecule has 3 heterocycles. The van der Waals surface area contributed by atoms with Crippen LogP contribution in [-0.4, -0.2) is 53.1 Å². The fourth-order valence-electron chi connectivity index (χ4n) is 4.30. The Balaban J connectivity index is 1.59. The number of aryl methyl sites for hydroxylation is 1. The third kappa shape index (κ3) is 4.50. The summed E-state index contributed by atoms with van der Waals surface area (Å²) in [7, 11) is 3.06. The molecule has 0 radical (unpaired) electrons. The summed E-state index contributed by atoms with van der Waals surface area (Å²) >= 11 is 1.15. The van der Waals surface area contributed by atoms with Crippen LogP contribution >= 0.6 is 11.3 Å². The van der Waals surface area contributed by atoms with E-state index in [0.29, 0.717) is 44.4 Å².